The fourth-order valence-electron chi connectivity index (χ4n) is 2.27. The third-order valence-corrected chi connectivity index (χ3v) is 3.53. The summed E-state index contributed by atoms with van der Waals surface area (Å²) >= 11 is 0. The molecule has 1 saturated heterocycles. The molecule has 20 heavy (non-hydrogen) atoms. The van der Waals surface area contributed by atoms with Crippen LogP contribution in [0.1, 0.15) is 59.3 Å². The number of hydrogen-bond acceptors (Lipinski definition) is 3. The summed E-state index contributed by atoms with van der Waals surface area (Å²) in [5.74, 6) is -1.15. The Balaban J connectivity index is 2.32. The first-order chi connectivity index (χ1) is 9.28. The Kier molecular flexibility index (Phi) is 6.46. The van der Waals surface area contributed by atoms with Crippen molar-refractivity contribution in [3.8, 4) is 0 Å². The van der Waals surface area contributed by atoms with Gasteiger partial charge in [0.05, 0.1) is 6.10 Å². The molecule has 1 amide bonds. The van der Waals surface area contributed by atoms with Gasteiger partial charge in [0.25, 0.3) is 0 Å². The summed E-state index contributed by atoms with van der Waals surface area (Å²) in [5, 5.41) is 11.8. The number of rotatable bonds is 7. The standard InChI is InChI=1S/C15H27NO4/c1-15(2,3)9-8-12(14(18)19)16-13(17)7-6-11-5-4-10-20-11/h11-12H,4-10H2,1-3H3,(H,16,17)(H,18,19). The van der Waals surface area contributed by atoms with Crippen LogP contribution in [0, 0.1) is 5.41 Å². The Labute approximate surface area is 121 Å². The molecule has 0 radical (unpaired) electrons. The van der Waals surface area contributed by atoms with Crippen LogP contribution in [0.5, 0.6) is 0 Å². The topological polar surface area (TPSA) is 75.6 Å². The van der Waals surface area contributed by atoms with Crippen molar-refractivity contribution in [1.82, 2.24) is 5.32 Å². The lowest BCUT2D eigenvalue weighted by Crippen LogP contribution is -2.41. The van der Waals surface area contributed by atoms with Crippen molar-refractivity contribution in [3.05, 3.63) is 0 Å². The second kappa shape index (κ2) is 7.62. The van der Waals surface area contributed by atoms with Crippen LogP contribution >= 0.6 is 0 Å². The summed E-state index contributed by atoms with van der Waals surface area (Å²) in [6.45, 7) is 6.96. The lowest BCUT2D eigenvalue weighted by Gasteiger charge is -2.21. The van der Waals surface area contributed by atoms with Crippen LogP contribution < -0.4 is 5.32 Å². The minimum atomic E-state index is -0.959. The van der Waals surface area contributed by atoms with Gasteiger partial charge in [-0.25, -0.2) is 4.79 Å². The third-order valence-electron chi connectivity index (χ3n) is 3.53. The average molecular weight is 285 g/mol. The van der Waals surface area contributed by atoms with E-state index in [0.29, 0.717) is 19.3 Å². The van der Waals surface area contributed by atoms with Crippen molar-refractivity contribution in [2.24, 2.45) is 5.41 Å². The number of amides is 1. The van der Waals surface area contributed by atoms with Crippen LogP contribution in [0.25, 0.3) is 0 Å². The van der Waals surface area contributed by atoms with Gasteiger partial charge in [-0.15, -0.1) is 0 Å². The van der Waals surface area contributed by atoms with Gasteiger partial charge in [-0.05, 0) is 37.5 Å². The Morgan fingerprint density at radius 2 is 2.10 bits per heavy atom. The van der Waals surface area contributed by atoms with Crippen LogP contribution in [-0.2, 0) is 14.3 Å². The van der Waals surface area contributed by atoms with Crippen molar-refractivity contribution in [2.45, 2.75) is 71.4 Å². The van der Waals surface area contributed by atoms with Gasteiger partial charge >= 0.3 is 5.97 Å². The fraction of sp³-hybridized carbons (Fsp3) is 0.867. The maximum atomic E-state index is 11.8. The smallest absolute Gasteiger partial charge is 0.326 e. The monoisotopic (exact) mass is 285 g/mol. The van der Waals surface area contributed by atoms with E-state index < -0.39 is 12.0 Å². The molecule has 5 heteroatoms. The molecule has 0 aromatic heterocycles. The lowest BCUT2D eigenvalue weighted by atomic mass is 9.88. The van der Waals surface area contributed by atoms with Gasteiger partial charge in [0, 0.05) is 13.0 Å². The quantitative estimate of drug-likeness (QED) is 0.753. The molecular weight excluding hydrogens is 258 g/mol. The molecule has 0 spiro atoms. The molecule has 1 aliphatic rings. The van der Waals surface area contributed by atoms with Gasteiger partial charge in [-0.3, -0.25) is 4.79 Å². The number of carboxylic acid groups (broad SMARTS) is 1. The highest BCUT2D eigenvalue weighted by molar-refractivity contribution is 5.83. The highest BCUT2D eigenvalue weighted by Gasteiger charge is 2.23. The molecule has 0 aromatic rings. The summed E-state index contributed by atoms with van der Waals surface area (Å²) < 4.78 is 5.45. The molecular formula is C15H27NO4. The van der Waals surface area contributed by atoms with E-state index in [-0.39, 0.29) is 17.4 Å². The average Bonchev–Trinajstić information content (AvgIpc) is 2.83. The minimum absolute atomic E-state index is 0.0656. The Morgan fingerprint density at radius 3 is 2.60 bits per heavy atom. The third kappa shape index (κ3) is 6.89. The van der Waals surface area contributed by atoms with E-state index in [1.807, 2.05) is 0 Å². The maximum Gasteiger partial charge on any atom is 0.326 e. The van der Waals surface area contributed by atoms with E-state index >= 15 is 0 Å². The number of carboxylic acids is 1. The normalized spacial score (nSPS) is 20.6. The first kappa shape index (κ1) is 17.0. The molecule has 116 valence electrons. The predicted octanol–water partition coefficient (Wildman–Crippen LogP) is 2.34. The van der Waals surface area contributed by atoms with Crippen LogP contribution in [0.2, 0.25) is 0 Å². The molecule has 5 nitrogen and oxygen atoms in total. The molecule has 1 heterocycles. The molecule has 2 N–H and O–H groups in total. The van der Waals surface area contributed by atoms with Crippen LogP contribution in [0.4, 0.5) is 0 Å². The number of carbonyl (C=O) groups is 2. The number of hydrogen-bond donors (Lipinski definition) is 2. The fourth-order valence-corrected chi connectivity index (χ4v) is 2.27. The van der Waals surface area contributed by atoms with Crippen molar-refractivity contribution in [2.75, 3.05) is 6.61 Å². The van der Waals surface area contributed by atoms with Crippen LogP contribution in [0.3, 0.4) is 0 Å². The van der Waals surface area contributed by atoms with Gasteiger partial charge < -0.3 is 15.2 Å². The second-order valence-electron chi connectivity index (χ2n) is 6.73. The van der Waals surface area contributed by atoms with Crippen molar-refractivity contribution < 1.29 is 19.4 Å². The highest BCUT2D eigenvalue weighted by atomic mass is 16.5. The highest BCUT2D eigenvalue weighted by Crippen LogP contribution is 2.22. The molecule has 0 aromatic carbocycles. The van der Waals surface area contributed by atoms with Crippen molar-refractivity contribution in [1.29, 1.82) is 0 Å². The minimum Gasteiger partial charge on any atom is -0.480 e. The zero-order chi connectivity index (χ0) is 15.2. The molecule has 0 aliphatic carbocycles. The number of carbonyl (C=O) groups excluding carboxylic acids is 1. The van der Waals surface area contributed by atoms with Crippen molar-refractivity contribution >= 4 is 11.9 Å². The predicted molar refractivity (Wildman–Crippen MR) is 76.5 cm³/mol. The summed E-state index contributed by atoms with van der Waals surface area (Å²) in [7, 11) is 0. The number of aliphatic carboxylic acids is 1. The van der Waals surface area contributed by atoms with Crippen LogP contribution in [0.15, 0.2) is 0 Å². The molecule has 2 atom stereocenters. The van der Waals surface area contributed by atoms with Gasteiger partial charge in [0.1, 0.15) is 6.04 Å². The zero-order valence-electron chi connectivity index (χ0n) is 12.8. The Bertz CT molecular complexity index is 329. The van der Waals surface area contributed by atoms with Gasteiger partial charge in [-0.1, -0.05) is 20.8 Å². The van der Waals surface area contributed by atoms with Gasteiger partial charge in [0.2, 0.25) is 5.91 Å². The molecule has 1 rings (SSSR count). The molecule has 0 saturated carbocycles. The first-order valence-electron chi connectivity index (χ1n) is 7.42. The van der Waals surface area contributed by atoms with E-state index in [1.54, 1.807) is 0 Å². The zero-order valence-corrected chi connectivity index (χ0v) is 12.8. The SMILES string of the molecule is CC(C)(C)CCC(NC(=O)CCC1CCCO1)C(=O)O. The maximum absolute atomic E-state index is 11.8. The van der Waals surface area contributed by atoms with E-state index in [2.05, 4.69) is 26.1 Å². The molecule has 1 aliphatic heterocycles. The number of ether oxygens (including phenoxy) is 1. The van der Waals surface area contributed by atoms with Crippen LogP contribution in [-0.4, -0.2) is 35.7 Å². The van der Waals surface area contributed by atoms with E-state index in [1.165, 1.54) is 0 Å². The largest absolute Gasteiger partial charge is 0.480 e. The summed E-state index contributed by atoms with van der Waals surface area (Å²) in [6, 6.07) is -0.786. The number of nitrogens with one attached hydrogen (secondary N) is 1. The summed E-state index contributed by atoms with van der Waals surface area (Å²) in [6.07, 6.45) is 4.45. The first-order valence-corrected chi connectivity index (χ1v) is 7.42. The van der Waals surface area contributed by atoms with Gasteiger partial charge in [-0.2, -0.15) is 0 Å². The lowest BCUT2D eigenvalue weighted by molar-refractivity contribution is -0.142. The molecule has 1 fully saturated rings. The van der Waals surface area contributed by atoms with E-state index in [4.69, 9.17) is 9.84 Å². The second-order valence-corrected chi connectivity index (χ2v) is 6.73. The Morgan fingerprint density at radius 1 is 1.40 bits per heavy atom. The summed E-state index contributed by atoms with van der Waals surface area (Å²) in [4.78, 5) is 23.0. The summed E-state index contributed by atoms with van der Waals surface area (Å²) in [5.41, 5.74) is 0.0656. The van der Waals surface area contributed by atoms with Gasteiger partial charge in [0.15, 0.2) is 0 Å². The van der Waals surface area contributed by atoms with E-state index in [9.17, 15) is 9.59 Å². The molecule has 2 unspecified atom stereocenters. The molecule has 0 bridgehead atoms. The van der Waals surface area contributed by atoms with Crippen molar-refractivity contribution in [3.63, 3.8) is 0 Å². The Hall–Kier alpha value is -1.10. The van der Waals surface area contributed by atoms with E-state index in [0.717, 1.165) is 25.9 Å².